The summed E-state index contributed by atoms with van der Waals surface area (Å²) in [6.45, 7) is 7.12. The second-order valence-electron chi connectivity index (χ2n) is 6.11. The van der Waals surface area contributed by atoms with E-state index in [0.717, 1.165) is 43.3 Å². The number of rotatable bonds is 3. The summed E-state index contributed by atoms with van der Waals surface area (Å²) in [5, 5.41) is 0.595. The van der Waals surface area contributed by atoms with Crippen LogP contribution in [0.4, 0.5) is 5.82 Å². The topological polar surface area (TPSA) is 38.2 Å². The Morgan fingerprint density at radius 3 is 2.62 bits per heavy atom. The summed E-state index contributed by atoms with van der Waals surface area (Å²) in [4.78, 5) is 11.4. The van der Waals surface area contributed by atoms with E-state index in [4.69, 9.17) is 21.3 Å². The number of aromatic nitrogens is 2. The van der Waals surface area contributed by atoms with Crippen molar-refractivity contribution in [1.29, 1.82) is 0 Å². The monoisotopic (exact) mass is 309 g/mol. The molecular formula is C16H24ClN3O. The molecule has 0 spiro atoms. The van der Waals surface area contributed by atoms with Crippen LogP contribution in [0.5, 0.6) is 0 Å². The van der Waals surface area contributed by atoms with Crippen LogP contribution in [0.1, 0.15) is 44.0 Å². The lowest BCUT2D eigenvalue weighted by atomic mass is 9.90. The van der Waals surface area contributed by atoms with E-state index in [9.17, 15) is 0 Å². The van der Waals surface area contributed by atoms with E-state index in [1.807, 2.05) is 6.92 Å². The summed E-state index contributed by atoms with van der Waals surface area (Å²) >= 11 is 6.25. The first-order valence-corrected chi connectivity index (χ1v) is 8.46. The van der Waals surface area contributed by atoms with E-state index in [-0.39, 0.29) is 0 Å². The number of anilines is 1. The Morgan fingerprint density at radius 1 is 1.24 bits per heavy atom. The maximum atomic E-state index is 6.25. The van der Waals surface area contributed by atoms with Gasteiger partial charge in [-0.15, -0.1) is 0 Å². The van der Waals surface area contributed by atoms with Gasteiger partial charge in [0, 0.05) is 31.7 Å². The average Bonchev–Trinajstić information content (AvgIpc) is 3.04. The third kappa shape index (κ3) is 3.16. The third-order valence-electron chi connectivity index (χ3n) is 4.75. The Bertz CT molecular complexity index is 495. The minimum Gasteiger partial charge on any atom is -0.378 e. The summed E-state index contributed by atoms with van der Waals surface area (Å²) in [6, 6.07) is 0. The number of aryl methyl sites for hydroxylation is 1. The van der Waals surface area contributed by atoms with E-state index in [1.165, 1.54) is 25.7 Å². The van der Waals surface area contributed by atoms with Crippen LogP contribution in [0.25, 0.3) is 0 Å². The molecule has 0 saturated carbocycles. The minimum absolute atomic E-state index is 0.494. The highest BCUT2D eigenvalue weighted by atomic mass is 35.5. The van der Waals surface area contributed by atoms with E-state index in [2.05, 4.69) is 16.8 Å². The van der Waals surface area contributed by atoms with E-state index >= 15 is 0 Å². The van der Waals surface area contributed by atoms with Crippen molar-refractivity contribution in [3.8, 4) is 0 Å². The third-order valence-corrected chi connectivity index (χ3v) is 5.12. The van der Waals surface area contributed by atoms with Crippen molar-refractivity contribution >= 4 is 17.4 Å². The maximum absolute atomic E-state index is 6.25. The van der Waals surface area contributed by atoms with Crippen LogP contribution in [-0.4, -0.2) is 35.8 Å². The van der Waals surface area contributed by atoms with Crippen LogP contribution in [0.15, 0.2) is 0 Å². The molecule has 1 unspecified atom stereocenters. The number of halogens is 1. The molecule has 1 aromatic heterocycles. The number of piperidine rings is 1. The molecule has 116 valence electrons. The van der Waals surface area contributed by atoms with Gasteiger partial charge in [0.25, 0.3) is 0 Å². The second-order valence-corrected chi connectivity index (χ2v) is 6.47. The fraction of sp³-hybridized carbons (Fsp3) is 0.750. The molecule has 0 aromatic carbocycles. The lowest BCUT2D eigenvalue weighted by molar-refractivity contribution is 0.0531. The van der Waals surface area contributed by atoms with Crippen molar-refractivity contribution in [2.75, 3.05) is 24.6 Å². The predicted molar refractivity (Wildman–Crippen MR) is 85.1 cm³/mol. The number of hydrogen-bond acceptors (Lipinski definition) is 4. The molecule has 0 aliphatic carbocycles. The van der Waals surface area contributed by atoms with Crippen molar-refractivity contribution < 1.29 is 4.74 Å². The van der Waals surface area contributed by atoms with Crippen LogP contribution in [0.3, 0.4) is 0 Å². The van der Waals surface area contributed by atoms with Gasteiger partial charge in [0.15, 0.2) is 0 Å². The second kappa shape index (κ2) is 6.49. The standard InChI is InChI=1S/C16H24ClN3O/c1-3-14-18-15(17)11(2)16(19-14)20-8-6-12(7-9-20)13-5-4-10-21-13/h12-13H,3-10H2,1-2H3. The van der Waals surface area contributed by atoms with Crippen molar-refractivity contribution in [3.05, 3.63) is 16.5 Å². The molecule has 3 heterocycles. The Hall–Kier alpha value is -0.870. The van der Waals surface area contributed by atoms with Crippen molar-refractivity contribution in [3.63, 3.8) is 0 Å². The van der Waals surface area contributed by atoms with E-state index in [1.54, 1.807) is 0 Å². The van der Waals surface area contributed by atoms with Gasteiger partial charge in [0.05, 0.1) is 6.10 Å². The summed E-state index contributed by atoms with van der Waals surface area (Å²) in [6.07, 6.45) is 6.15. The van der Waals surface area contributed by atoms with Gasteiger partial charge in [-0.3, -0.25) is 0 Å². The summed E-state index contributed by atoms with van der Waals surface area (Å²) in [7, 11) is 0. The highest BCUT2D eigenvalue weighted by Crippen LogP contribution is 2.32. The molecule has 21 heavy (non-hydrogen) atoms. The van der Waals surface area contributed by atoms with Gasteiger partial charge in [0.1, 0.15) is 16.8 Å². The maximum Gasteiger partial charge on any atom is 0.137 e. The first-order chi connectivity index (χ1) is 10.2. The van der Waals surface area contributed by atoms with Gasteiger partial charge < -0.3 is 9.64 Å². The summed E-state index contributed by atoms with van der Waals surface area (Å²) in [5.41, 5.74) is 1.00. The molecule has 1 aromatic rings. The molecule has 0 bridgehead atoms. The molecule has 2 fully saturated rings. The lowest BCUT2D eigenvalue weighted by Crippen LogP contribution is -2.38. The smallest absolute Gasteiger partial charge is 0.137 e. The minimum atomic E-state index is 0.494. The highest BCUT2D eigenvalue weighted by molar-refractivity contribution is 6.30. The number of nitrogens with zero attached hydrogens (tertiary/aromatic N) is 3. The van der Waals surface area contributed by atoms with Gasteiger partial charge in [0.2, 0.25) is 0 Å². The van der Waals surface area contributed by atoms with Crippen molar-refractivity contribution in [2.45, 2.75) is 52.1 Å². The zero-order valence-electron chi connectivity index (χ0n) is 12.9. The van der Waals surface area contributed by atoms with Crippen LogP contribution in [-0.2, 0) is 11.2 Å². The molecule has 2 aliphatic rings. The zero-order chi connectivity index (χ0) is 14.8. The van der Waals surface area contributed by atoms with Crippen LogP contribution in [0.2, 0.25) is 5.15 Å². The fourth-order valence-electron chi connectivity index (χ4n) is 3.44. The average molecular weight is 310 g/mol. The van der Waals surface area contributed by atoms with Gasteiger partial charge in [-0.05, 0) is 38.5 Å². The molecule has 2 saturated heterocycles. The lowest BCUT2D eigenvalue weighted by Gasteiger charge is -2.35. The number of hydrogen-bond donors (Lipinski definition) is 0. The fourth-order valence-corrected chi connectivity index (χ4v) is 3.63. The molecule has 0 amide bonds. The van der Waals surface area contributed by atoms with Crippen molar-refractivity contribution in [1.82, 2.24) is 9.97 Å². The molecular weight excluding hydrogens is 286 g/mol. The van der Waals surface area contributed by atoms with E-state index in [0.29, 0.717) is 17.2 Å². The largest absolute Gasteiger partial charge is 0.378 e. The normalized spacial score (nSPS) is 23.8. The van der Waals surface area contributed by atoms with Gasteiger partial charge >= 0.3 is 0 Å². The molecule has 0 radical (unpaired) electrons. The van der Waals surface area contributed by atoms with Gasteiger partial charge in [-0.1, -0.05) is 18.5 Å². The predicted octanol–water partition coefficient (Wildman–Crippen LogP) is 3.40. The van der Waals surface area contributed by atoms with E-state index < -0.39 is 0 Å². The van der Waals surface area contributed by atoms with Gasteiger partial charge in [-0.25, -0.2) is 9.97 Å². The molecule has 2 aliphatic heterocycles. The quantitative estimate of drug-likeness (QED) is 0.802. The van der Waals surface area contributed by atoms with Gasteiger partial charge in [-0.2, -0.15) is 0 Å². The molecule has 3 rings (SSSR count). The summed E-state index contributed by atoms with van der Waals surface area (Å²) in [5.74, 6) is 2.58. The van der Waals surface area contributed by atoms with Crippen molar-refractivity contribution in [2.24, 2.45) is 5.92 Å². The summed E-state index contributed by atoms with van der Waals surface area (Å²) < 4.78 is 5.85. The van der Waals surface area contributed by atoms with Crippen LogP contribution < -0.4 is 4.90 Å². The van der Waals surface area contributed by atoms with Crippen LogP contribution in [0, 0.1) is 12.8 Å². The highest BCUT2D eigenvalue weighted by Gasteiger charge is 2.30. The Labute approximate surface area is 131 Å². The Kier molecular flexibility index (Phi) is 4.65. The Balaban J connectivity index is 1.70. The first-order valence-electron chi connectivity index (χ1n) is 8.08. The molecule has 5 heteroatoms. The molecule has 4 nitrogen and oxygen atoms in total. The molecule has 1 atom stereocenters. The number of ether oxygens (including phenoxy) is 1. The zero-order valence-corrected chi connectivity index (χ0v) is 13.7. The first kappa shape index (κ1) is 15.0. The Morgan fingerprint density at radius 2 is 2.00 bits per heavy atom. The van der Waals surface area contributed by atoms with Crippen LogP contribution >= 0.6 is 11.6 Å². The SMILES string of the molecule is CCc1nc(Cl)c(C)c(N2CCC(C3CCCO3)CC2)n1. The molecule has 0 N–H and O–H groups in total.